The molecule has 2 saturated heterocycles. The number of nitriles is 1. The lowest BCUT2D eigenvalue weighted by Gasteiger charge is -2.37. The van der Waals surface area contributed by atoms with Crippen LogP contribution in [0.4, 0.5) is 0 Å². The monoisotopic (exact) mass is 301 g/mol. The molecule has 2 aliphatic heterocycles. The molecule has 1 N–H and O–H groups in total. The Morgan fingerprint density at radius 2 is 2.09 bits per heavy atom. The molecule has 0 radical (unpaired) electrons. The lowest BCUT2D eigenvalue weighted by atomic mass is 10.2. The predicted octanol–water partition coefficient (Wildman–Crippen LogP) is 0.738. The lowest BCUT2D eigenvalue weighted by Crippen LogP contribution is -2.51. The third-order valence-corrected chi connectivity index (χ3v) is 4.86. The van der Waals surface area contributed by atoms with Gasteiger partial charge in [0.1, 0.15) is 17.5 Å². The van der Waals surface area contributed by atoms with Crippen molar-refractivity contribution in [3.05, 3.63) is 23.5 Å². The van der Waals surface area contributed by atoms with Crippen LogP contribution in [-0.2, 0) is 0 Å². The molecule has 3 rings (SSSR count). The van der Waals surface area contributed by atoms with E-state index in [0.29, 0.717) is 17.4 Å². The first-order valence-corrected chi connectivity index (χ1v) is 8.06. The van der Waals surface area contributed by atoms with Crippen LogP contribution in [0.15, 0.2) is 12.1 Å². The molecule has 0 saturated carbocycles. The van der Waals surface area contributed by atoms with Crippen molar-refractivity contribution in [2.45, 2.75) is 19.4 Å². The molecule has 3 heterocycles. The van der Waals surface area contributed by atoms with Crippen molar-refractivity contribution in [3.8, 4) is 6.07 Å². The fourth-order valence-electron chi connectivity index (χ4n) is 3.42. The molecule has 2 fully saturated rings. The molecule has 0 aliphatic carbocycles. The first-order valence-electron chi connectivity index (χ1n) is 8.06. The zero-order valence-corrected chi connectivity index (χ0v) is 13.1. The molecule has 1 aromatic heterocycles. The van der Waals surface area contributed by atoms with Crippen molar-refractivity contribution in [2.24, 2.45) is 0 Å². The maximum Gasteiger partial charge on any atom is 0.270 e. The number of H-pyrrole nitrogens is 1. The average Bonchev–Trinajstić information content (AvgIpc) is 3.23. The van der Waals surface area contributed by atoms with Gasteiger partial charge in [-0.15, -0.1) is 0 Å². The Hall–Kier alpha value is -1.84. The summed E-state index contributed by atoms with van der Waals surface area (Å²) in [7, 11) is 0. The molecular formula is C16H23N5O. The number of piperazine rings is 1. The van der Waals surface area contributed by atoms with Gasteiger partial charge in [0.2, 0.25) is 0 Å². The highest BCUT2D eigenvalue weighted by Gasteiger charge is 2.32. The summed E-state index contributed by atoms with van der Waals surface area (Å²) in [5.41, 5.74) is 0.961. The van der Waals surface area contributed by atoms with E-state index < -0.39 is 0 Å². The zero-order valence-electron chi connectivity index (χ0n) is 13.1. The maximum atomic E-state index is 12.5. The van der Waals surface area contributed by atoms with Crippen molar-refractivity contribution in [2.75, 3.05) is 45.8 Å². The van der Waals surface area contributed by atoms with Gasteiger partial charge < -0.3 is 14.8 Å². The van der Waals surface area contributed by atoms with Crippen LogP contribution in [0.3, 0.4) is 0 Å². The van der Waals surface area contributed by atoms with Gasteiger partial charge in [-0.1, -0.05) is 6.92 Å². The van der Waals surface area contributed by atoms with Crippen LogP contribution < -0.4 is 0 Å². The van der Waals surface area contributed by atoms with Gasteiger partial charge in [0, 0.05) is 45.3 Å². The minimum absolute atomic E-state index is 0.0104. The molecule has 1 atom stereocenters. The molecule has 22 heavy (non-hydrogen) atoms. The molecular weight excluding hydrogens is 278 g/mol. The number of likely N-dealkylation sites (N-methyl/N-ethyl adjacent to an activating group) is 1. The number of nitrogens with zero attached hydrogens (tertiary/aromatic N) is 4. The molecule has 6 nitrogen and oxygen atoms in total. The van der Waals surface area contributed by atoms with Crippen molar-refractivity contribution < 1.29 is 4.79 Å². The Morgan fingerprint density at radius 1 is 1.32 bits per heavy atom. The number of hydrogen-bond donors (Lipinski definition) is 1. The second-order valence-electron chi connectivity index (χ2n) is 6.06. The Morgan fingerprint density at radius 3 is 2.73 bits per heavy atom. The van der Waals surface area contributed by atoms with E-state index in [1.54, 1.807) is 12.1 Å². The second-order valence-corrected chi connectivity index (χ2v) is 6.06. The minimum atomic E-state index is 0.0104. The third kappa shape index (κ3) is 3.01. The second kappa shape index (κ2) is 6.51. The summed E-state index contributed by atoms with van der Waals surface area (Å²) < 4.78 is 0. The van der Waals surface area contributed by atoms with Gasteiger partial charge in [-0.25, -0.2) is 0 Å². The molecule has 0 aromatic carbocycles. The van der Waals surface area contributed by atoms with Gasteiger partial charge in [0.25, 0.3) is 5.91 Å². The van der Waals surface area contributed by atoms with Crippen LogP contribution in [0.25, 0.3) is 0 Å². The minimum Gasteiger partial charge on any atom is -0.342 e. The summed E-state index contributed by atoms with van der Waals surface area (Å²) in [6.45, 7) is 9.38. The van der Waals surface area contributed by atoms with Gasteiger partial charge in [-0.3, -0.25) is 9.69 Å². The Bertz CT molecular complexity index is 567. The van der Waals surface area contributed by atoms with E-state index in [-0.39, 0.29) is 5.91 Å². The maximum absolute atomic E-state index is 12.5. The van der Waals surface area contributed by atoms with Crippen molar-refractivity contribution >= 4 is 5.91 Å². The molecule has 2 aliphatic rings. The van der Waals surface area contributed by atoms with Crippen molar-refractivity contribution in [1.82, 2.24) is 19.7 Å². The van der Waals surface area contributed by atoms with Crippen molar-refractivity contribution in [3.63, 3.8) is 0 Å². The van der Waals surface area contributed by atoms with E-state index in [9.17, 15) is 4.79 Å². The number of carbonyl (C=O) groups is 1. The molecule has 0 spiro atoms. The van der Waals surface area contributed by atoms with Crippen LogP contribution in [0.2, 0.25) is 0 Å². The summed E-state index contributed by atoms with van der Waals surface area (Å²) in [4.78, 5) is 22.2. The first-order chi connectivity index (χ1) is 10.7. The highest BCUT2D eigenvalue weighted by molar-refractivity contribution is 5.92. The SMILES string of the molecule is CCN1CCN(C2CCN(C(=O)c3ccc(C#N)[nH]3)C2)CC1. The third-order valence-electron chi connectivity index (χ3n) is 4.86. The normalized spacial score (nSPS) is 23.6. The Balaban J connectivity index is 1.56. The largest absolute Gasteiger partial charge is 0.342 e. The van der Waals surface area contributed by atoms with Gasteiger partial charge in [-0.2, -0.15) is 5.26 Å². The molecule has 1 unspecified atom stereocenters. The number of aromatic amines is 1. The summed E-state index contributed by atoms with van der Waals surface area (Å²) in [5.74, 6) is 0.0104. The Labute approximate surface area is 131 Å². The van der Waals surface area contributed by atoms with E-state index in [4.69, 9.17) is 5.26 Å². The lowest BCUT2D eigenvalue weighted by molar-refractivity contribution is 0.0740. The average molecular weight is 301 g/mol. The van der Waals surface area contributed by atoms with E-state index in [1.165, 1.54) is 0 Å². The van der Waals surface area contributed by atoms with Crippen LogP contribution in [0.1, 0.15) is 29.5 Å². The number of hydrogen-bond acceptors (Lipinski definition) is 4. The van der Waals surface area contributed by atoms with Gasteiger partial charge >= 0.3 is 0 Å². The molecule has 1 aromatic rings. The van der Waals surface area contributed by atoms with Gasteiger partial charge in [-0.05, 0) is 25.1 Å². The van der Waals surface area contributed by atoms with Gasteiger partial charge in [0.15, 0.2) is 0 Å². The fourth-order valence-corrected chi connectivity index (χ4v) is 3.42. The van der Waals surface area contributed by atoms with E-state index in [0.717, 1.165) is 52.2 Å². The number of nitrogens with one attached hydrogen (secondary N) is 1. The number of amides is 1. The predicted molar refractivity (Wildman–Crippen MR) is 83.5 cm³/mol. The molecule has 118 valence electrons. The number of rotatable bonds is 3. The highest BCUT2D eigenvalue weighted by Crippen LogP contribution is 2.19. The number of likely N-dealkylation sites (tertiary alicyclic amines) is 1. The molecule has 0 bridgehead atoms. The zero-order chi connectivity index (χ0) is 15.5. The fraction of sp³-hybridized carbons (Fsp3) is 0.625. The van der Waals surface area contributed by atoms with Gasteiger partial charge in [0.05, 0.1) is 0 Å². The van der Waals surface area contributed by atoms with Crippen LogP contribution >= 0.6 is 0 Å². The first kappa shape index (κ1) is 15.1. The highest BCUT2D eigenvalue weighted by atomic mass is 16.2. The quantitative estimate of drug-likeness (QED) is 0.894. The van der Waals surface area contributed by atoms with Crippen LogP contribution in [0.5, 0.6) is 0 Å². The summed E-state index contributed by atoms with van der Waals surface area (Å²) in [5, 5.41) is 8.84. The standard InChI is InChI=1S/C16H23N5O/c1-2-19-7-9-20(10-8-19)14-5-6-21(12-14)16(22)15-4-3-13(11-17)18-15/h3-4,14,18H,2,5-10,12H2,1H3. The number of carbonyl (C=O) groups excluding carboxylic acids is 1. The van der Waals surface area contributed by atoms with E-state index in [2.05, 4.69) is 21.7 Å². The Kier molecular flexibility index (Phi) is 4.46. The number of aromatic nitrogens is 1. The summed E-state index contributed by atoms with van der Waals surface area (Å²) in [6, 6.07) is 5.86. The van der Waals surface area contributed by atoms with E-state index in [1.807, 2.05) is 11.0 Å². The van der Waals surface area contributed by atoms with E-state index >= 15 is 0 Å². The van der Waals surface area contributed by atoms with Crippen LogP contribution in [0, 0.1) is 11.3 Å². The summed E-state index contributed by atoms with van der Waals surface area (Å²) >= 11 is 0. The molecule has 6 heteroatoms. The summed E-state index contributed by atoms with van der Waals surface area (Å²) in [6.07, 6.45) is 1.05. The topological polar surface area (TPSA) is 66.4 Å². The molecule has 1 amide bonds. The smallest absolute Gasteiger partial charge is 0.270 e. The van der Waals surface area contributed by atoms with Crippen LogP contribution in [-0.4, -0.2) is 77.4 Å². The van der Waals surface area contributed by atoms with Crippen molar-refractivity contribution in [1.29, 1.82) is 5.26 Å².